The van der Waals surface area contributed by atoms with Crippen LogP contribution in [0.5, 0.6) is 0 Å². The van der Waals surface area contributed by atoms with Crippen LogP contribution in [0.15, 0.2) is 0 Å². The van der Waals surface area contributed by atoms with Gasteiger partial charge in [0.15, 0.2) is 6.23 Å². The topological polar surface area (TPSA) is 46.6 Å². The van der Waals surface area contributed by atoms with Gasteiger partial charge in [0.1, 0.15) is 0 Å². The molecule has 0 N–H and O–H groups in total. The summed E-state index contributed by atoms with van der Waals surface area (Å²) in [7, 11) is 0. The van der Waals surface area contributed by atoms with Gasteiger partial charge in [0.25, 0.3) is 6.47 Å². The number of carbonyl (C=O) groups is 2. The zero-order valence-corrected chi connectivity index (χ0v) is 6.97. The molecule has 0 aromatic rings. The molecular formula is C6H9NO3S. The molecule has 4 nitrogen and oxygen atoms in total. The van der Waals surface area contributed by atoms with Crippen LogP contribution in [0.25, 0.3) is 0 Å². The Hall–Kier alpha value is -0.710. The van der Waals surface area contributed by atoms with Gasteiger partial charge in [0.2, 0.25) is 5.91 Å². The predicted molar refractivity (Wildman–Crippen MR) is 40.8 cm³/mol. The number of hydrogen-bond donors (Lipinski definition) is 0. The van der Waals surface area contributed by atoms with E-state index in [1.165, 1.54) is 11.8 Å². The summed E-state index contributed by atoms with van der Waals surface area (Å²) in [5.41, 5.74) is 0. The molecule has 11 heavy (non-hydrogen) atoms. The lowest BCUT2D eigenvalue weighted by Crippen LogP contribution is -2.36. The smallest absolute Gasteiger partial charge is 0.295 e. The zero-order valence-electron chi connectivity index (χ0n) is 6.15. The predicted octanol–water partition coefficient (Wildman–Crippen LogP) is 0.0383. The lowest BCUT2D eigenvalue weighted by Gasteiger charge is -2.19. The van der Waals surface area contributed by atoms with E-state index in [0.717, 1.165) is 0 Å². The van der Waals surface area contributed by atoms with Crippen molar-refractivity contribution in [3.63, 3.8) is 0 Å². The molecule has 1 fully saturated rings. The van der Waals surface area contributed by atoms with Gasteiger partial charge < -0.3 is 4.74 Å². The Morgan fingerprint density at radius 3 is 3.09 bits per heavy atom. The fourth-order valence-electron chi connectivity index (χ4n) is 0.896. The SMILES string of the molecule is CC(=O)N1CSCC1OC=O. The molecule has 0 aromatic carbocycles. The second-order valence-corrected chi connectivity index (χ2v) is 3.18. The van der Waals surface area contributed by atoms with E-state index in [0.29, 0.717) is 18.1 Å². The van der Waals surface area contributed by atoms with Crippen LogP contribution in [0, 0.1) is 0 Å². The fraction of sp³-hybridized carbons (Fsp3) is 0.667. The minimum atomic E-state index is -0.352. The monoisotopic (exact) mass is 175 g/mol. The Labute approximate surface area is 68.9 Å². The van der Waals surface area contributed by atoms with Crippen molar-refractivity contribution in [1.82, 2.24) is 4.90 Å². The van der Waals surface area contributed by atoms with E-state index >= 15 is 0 Å². The van der Waals surface area contributed by atoms with Gasteiger partial charge in [-0.25, -0.2) is 0 Å². The molecule has 1 unspecified atom stereocenters. The maximum Gasteiger partial charge on any atom is 0.295 e. The molecule has 1 rings (SSSR count). The first-order valence-corrected chi connectivity index (χ1v) is 4.35. The minimum absolute atomic E-state index is 0.0538. The van der Waals surface area contributed by atoms with Crippen LogP contribution in [0.1, 0.15) is 6.92 Å². The number of thioether (sulfide) groups is 1. The molecule has 5 heteroatoms. The van der Waals surface area contributed by atoms with E-state index < -0.39 is 0 Å². The fourth-order valence-corrected chi connectivity index (χ4v) is 2.01. The number of amides is 1. The van der Waals surface area contributed by atoms with Crippen LogP contribution < -0.4 is 0 Å². The molecule has 1 heterocycles. The second kappa shape index (κ2) is 3.61. The first kappa shape index (κ1) is 8.39. The average Bonchev–Trinajstić information content (AvgIpc) is 2.36. The van der Waals surface area contributed by atoms with Gasteiger partial charge in [-0.2, -0.15) is 0 Å². The highest BCUT2D eigenvalue weighted by atomic mass is 32.2. The summed E-state index contributed by atoms with van der Waals surface area (Å²) in [6, 6.07) is 0. The first-order chi connectivity index (χ1) is 5.25. The van der Waals surface area contributed by atoms with E-state index in [2.05, 4.69) is 4.74 Å². The molecule has 1 aliphatic rings. The molecule has 0 spiro atoms. The maximum absolute atomic E-state index is 10.8. The lowest BCUT2D eigenvalue weighted by atomic mass is 10.5. The molecular weight excluding hydrogens is 166 g/mol. The van der Waals surface area contributed by atoms with Crippen molar-refractivity contribution in [2.75, 3.05) is 11.6 Å². The number of nitrogens with zero attached hydrogens (tertiary/aromatic N) is 1. The van der Waals surface area contributed by atoms with Crippen LogP contribution in [0.2, 0.25) is 0 Å². The Morgan fingerprint density at radius 2 is 2.55 bits per heavy atom. The van der Waals surface area contributed by atoms with Crippen LogP contribution >= 0.6 is 11.8 Å². The van der Waals surface area contributed by atoms with Crippen LogP contribution in [0.3, 0.4) is 0 Å². The normalized spacial score (nSPS) is 23.4. The van der Waals surface area contributed by atoms with Crippen molar-refractivity contribution in [1.29, 1.82) is 0 Å². The second-order valence-electron chi connectivity index (χ2n) is 2.18. The minimum Gasteiger partial charge on any atom is -0.443 e. The van der Waals surface area contributed by atoms with Crippen molar-refractivity contribution >= 4 is 24.1 Å². The summed E-state index contributed by atoms with van der Waals surface area (Å²) in [6.07, 6.45) is -0.352. The van der Waals surface area contributed by atoms with E-state index in [4.69, 9.17) is 0 Å². The summed E-state index contributed by atoms with van der Waals surface area (Å²) in [6.45, 7) is 1.85. The lowest BCUT2D eigenvalue weighted by molar-refractivity contribution is -0.148. The maximum atomic E-state index is 10.8. The summed E-state index contributed by atoms with van der Waals surface area (Å²) < 4.78 is 4.68. The largest absolute Gasteiger partial charge is 0.443 e. The molecule has 62 valence electrons. The molecule has 1 atom stereocenters. The molecule has 1 aliphatic heterocycles. The van der Waals surface area contributed by atoms with Crippen molar-refractivity contribution in [3.8, 4) is 0 Å². The number of ether oxygens (including phenoxy) is 1. The summed E-state index contributed by atoms with van der Waals surface area (Å²) in [5, 5.41) is 0. The van der Waals surface area contributed by atoms with Crippen LogP contribution in [-0.4, -0.2) is 35.1 Å². The van der Waals surface area contributed by atoms with Gasteiger partial charge >= 0.3 is 0 Å². The number of hydrogen-bond acceptors (Lipinski definition) is 4. The van der Waals surface area contributed by atoms with Gasteiger partial charge in [-0.05, 0) is 0 Å². The highest BCUT2D eigenvalue weighted by Crippen LogP contribution is 2.20. The van der Waals surface area contributed by atoms with Crippen LogP contribution in [0.4, 0.5) is 0 Å². The Bertz CT molecular complexity index is 173. The Balaban J connectivity index is 2.50. The average molecular weight is 175 g/mol. The summed E-state index contributed by atoms with van der Waals surface area (Å²) in [5.74, 6) is 1.24. The van der Waals surface area contributed by atoms with E-state index in [-0.39, 0.29) is 12.1 Å². The third-order valence-corrected chi connectivity index (χ3v) is 2.44. The van der Waals surface area contributed by atoms with Crippen LogP contribution in [-0.2, 0) is 14.3 Å². The molecule has 0 aliphatic carbocycles. The van der Waals surface area contributed by atoms with Crippen molar-refractivity contribution in [2.24, 2.45) is 0 Å². The Kier molecular flexibility index (Phi) is 2.76. The molecule has 0 saturated carbocycles. The number of rotatable bonds is 2. The van der Waals surface area contributed by atoms with Gasteiger partial charge in [-0.3, -0.25) is 14.5 Å². The third kappa shape index (κ3) is 1.86. The standard InChI is InChI=1S/C6H9NO3S/c1-5(9)7-3-11-2-6(7)10-4-8/h4,6H,2-3H2,1H3. The number of carbonyl (C=O) groups excluding carboxylic acids is 2. The zero-order chi connectivity index (χ0) is 8.27. The molecule has 0 bridgehead atoms. The Morgan fingerprint density at radius 1 is 1.82 bits per heavy atom. The highest BCUT2D eigenvalue weighted by molar-refractivity contribution is 7.99. The first-order valence-electron chi connectivity index (χ1n) is 3.19. The molecule has 1 saturated heterocycles. The van der Waals surface area contributed by atoms with Gasteiger partial charge in [-0.15, -0.1) is 11.8 Å². The summed E-state index contributed by atoms with van der Waals surface area (Å²) in [4.78, 5) is 22.3. The summed E-state index contributed by atoms with van der Waals surface area (Å²) >= 11 is 1.58. The van der Waals surface area contributed by atoms with Gasteiger partial charge in [0, 0.05) is 6.92 Å². The van der Waals surface area contributed by atoms with E-state index in [9.17, 15) is 9.59 Å². The molecule has 0 radical (unpaired) electrons. The van der Waals surface area contributed by atoms with E-state index in [1.807, 2.05) is 0 Å². The van der Waals surface area contributed by atoms with Crippen molar-refractivity contribution < 1.29 is 14.3 Å². The van der Waals surface area contributed by atoms with Crippen molar-refractivity contribution in [2.45, 2.75) is 13.2 Å². The molecule has 1 amide bonds. The van der Waals surface area contributed by atoms with E-state index in [1.54, 1.807) is 11.8 Å². The third-order valence-electron chi connectivity index (χ3n) is 1.46. The van der Waals surface area contributed by atoms with Crippen molar-refractivity contribution in [3.05, 3.63) is 0 Å². The van der Waals surface area contributed by atoms with Gasteiger partial charge in [-0.1, -0.05) is 0 Å². The molecule has 0 aromatic heterocycles. The van der Waals surface area contributed by atoms with Gasteiger partial charge in [0.05, 0.1) is 11.6 Å². The highest BCUT2D eigenvalue weighted by Gasteiger charge is 2.27. The quantitative estimate of drug-likeness (QED) is 0.556.